The molecule has 0 aliphatic heterocycles. The van der Waals surface area contributed by atoms with Gasteiger partial charge in [0.05, 0.1) is 12.7 Å². The summed E-state index contributed by atoms with van der Waals surface area (Å²) in [5.41, 5.74) is 1.31. The first-order valence-electron chi connectivity index (χ1n) is 8.91. The van der Waals surface area contributed by atoms with Crippen LogP contribution in [0.1, 0.15) is 53.6 Å². The Kier molecular flexibility index (Phi) is 7.42. The molecule has 0 saturated heterocycles. The Morgan fingerprint density at radius 2 is 1.73 bits per heavy atom. The Morgan fingerprint density at radius 3 is 2.31 bits per heavy atom. The lowest BCUT2D eigenvalue weighted by molar-refractivity contribution is 0.0868. The van der Waals surface area contributed by atoms with Crippen LogP contribution in [0.5, 0.6) is 0 Å². The number of likely N-dealkylation sites (N-methyl/N-ethyl adjacent to an activating group) is 1. The summed E-state index contributed by atoms with van der Waals surface area (Å²) >= 11 is 5.89. The molecule has 0 radical (unpaired) electrons. The largest absolute Gasteiger partial charge is 0.414 e. The number of rotatable bonds is 10. The third kappa shape index (κ3) is 4.96. The van der Waals surface area contributed by atoms with Crippen LogP contribution >= 0.6 is 11.6 Å². The molecular weight excluding hydrogens is 352 g/mol. The smallest absolute Gasteiger partial charge is 0.212 e. The number of benzene rings is 1. The van der Waals surface area contributed by atoms with E-state index in [1.807, 2.05) is 25.7 Å². The fourth-order valence-corrected chi connectivity index (χ4v) is 2.68. The predicted octanol–water partition coefficient (Wildman–Crippen LogP) is 3.74. The van der Waals surface area contributed by atoms with E-state index in [4.69, 9.17) is 16.4 Å². The molecule has 0 amide bonds. The van der Waals surface area contributed by atoms with Crippen molar-refractivity contribution < 1.29 is 14.4 Å². The maximum absolute atomic E-state index is 12.8. The Bertz CT molecular complexity index is 749. The highest BCUT2D eigenvalue weighted by atomic mass is 35.5. The van der Waals surface area contributed by atoms with Crippen LogP contribution in [0.4, 0.5) is 0 Å². The number of carbonyl (C=O) groups is 2. The van der Waals surface area contributed by atoms with E-state index in [0.717, 1.165) is 19.5 Å². The normalized spacial score (nSPS) is 11.0. The topological polar surface area (TPSA) is 51.5 Å². The fourth-order valence-electron chi connectivity index (χ4n) is 2.55. The van der Waals surface area contributed by atoms with Crippen LogP contribution in [0, 0.1) is 0 Å². The zero-order valence-corrected chi connectivity index (χ0v) is 16.3. The minimum absolute atomic E-state index is 0.0299. The summed E-state index contributed by atoms with van der Waals surface area (Å²) in [6, 6.07) is 8.28. The molecule has 0 atom stereocenters. The van der Waals surface area contributed by atoms with Gasteiger partial charge in [-0.1, -0.05) is 32.4 Å². The molecule has 0 saturated carbocycles. The van der Waals surface area contributed by atoms with Gasteiger partial charge in [-0.2, -0.15) is 4.73 Å². The molecule has 0 fully saturated rings. The number of Topliss-reactive ketones (excluding diaryl/α,β-unsaturated/α-hetero) is 1. The molecule has 0 N–H and O–H groups in total. The zero-order chi connectivity index (χ0) is 19.1. The molecule has 6 heteroatoms. The second-order valence-electron chi connectivity index (χ2n) is 5.99. The van der Waals surface area contributed by atoms with Crippen molar-refractivity contribution in [1.29, 1.82) is 0 Å². The number of nitrogens with zero attached hydrogens (tertiary/aromatic N) is 2. The summed E-state index contributed by atoms with van der Waals surface area (Å²) in [6.45, 7) is 8.39. The Hall–Kier alpha value is -2.11. The number of carbonyl (C=O) groups excluding carboxylic acids is 2. The minimum atomic E-state index is -0.209. The van der Waals surface area contributed by atoms with Gasteiger partial charge in [0.2, 0.25) is 5.78 Å². The molecule has 0 aliphatic rings. The molecule has 140 valence electrons. The number of hydrogen-bond acceptors (Lipinski definition) is 4. The summed E-state index contributed by atoms with van der Waals surface area (Å²) in [5, 5.41) is 0.564. The van der Waals surface area contributed by atoms with Crippen LogP contribution in [0.3, 0.4) is 0 Å². The van der Waals surface area contributed by atoms with E-state index in [1.54, 1.807) is 36.5 Å². The van der Waals surface area contributed by atoms with E-state index in [1.165, 1.54) is 4.73 Å². The van der Waals surface area contributed by atoms with Crippen molar-refractivity contribution in [2.75, 3.05) is 26.2 Å². The van der Waals surface area contributed by atoms with E-state index < -0.39 is 0 Å². The Balaban J connectivity index is 2.31. The van der Waals surface area contributed by atoms with Gasteiger partial charge >= 0.3 is 0 Å². The van der Waals surface area contributed by atoms with Crippen molar-refractivity contribution in [2.24, 2.45) is 0 Å². The molecular formula is C20H25ClN2O3. The van der Waals surface area contributed by atoms with Crippen LogP contribution in [-0.2, 0) is 0 Å². The van der Waals surface area contributed by atoms with Gasteiger partial charge < -0.3 is 4.84 Å². The van der Waals surface area contributed by atoms with Crippen molar-refractivity contribution >= 4 is 23.2 Å². The Labute approximate surface area is 159 Å². The molecule has 1 heterocycles. The lowest BCUT2D eigenvalue weighted by Gasteiger charge is -2.16. The van der Waals surface area contributed by atoms with E-state index in [-0.39, 0.29) is 11.6 Å². The lowest BCUT2D eigenvalue weighted by Crippen LogP contribution is -2.29. The van der Waals surface area contributed by atoms with Crippen molar-refractivity contribution in [2.45, 2.75) is 27.2 Å². The lowest BCUT2D eigenvalue weighted by atomic mass is 10.1. The quantitative estimate of drug-likeness (QED) is 0.593. The average Bonchev–Trinajstić information content (AvgIpc) is 3.08. The van der Waals surface area contributed by atoms with E-state index in [2.05, 4.69) is 0 Å². The molecule has 0 unspecified atom stereocenters. The van der Waals surface area contributed by atoms with E-state index in [9.17, 15) is 9.59 Å². The summed E-state index contributed by atoms with van der Waals surface area (Å²) in [6.07, 6.45) is 2.40. The van der Waals surface area contributed by atoms with Crippen LogP contribution in [0.15, 0.2) is 36.5 Å². The third-order valence-corrected chi connectivity index (χ3v) is 4.40. The third-order valence-electron chi connectivity index (χ3n) is 4.14. The van der Waals surface area contributed by atoms with Gasteiger partial charge in [-0.25, -0.2) is 0 Å². The molecule has 0 bridgehead atoms. The maximum atomic E-state index is 12.8. The van der Waals surface area contributed by atoms with Gasteiger partial charge in [0.15, 0.2) is 5.78 Å². The van der Waals surface area contributed by atoms with E-state index in [0.29, 0.717) is 35.0 Å². The van der Waals surface area contributed by atoms with Crippen molar-refractivity contribution in [1.82, 2.24) is 9.63 Å². The highest BCUT2D eigenvalue weighted by molar-refractivity contribution is 6.30. The van der Waals surface area contributed by atoms with E-state index >= 15 is 0 Å². The molecule has 2 aromatic rings. The SMILES string of the molecule is CCCOn1cc(C(=O)CN(CC)CC)cc1C(=O)c1ccc(Cl)cc1. The minimum Gasteiger partial charge on any atom is -0.414 e. The number of halogens is 1. The maximum Gasteiger partial charge on any atom is 0.212 e. The van der Waals surface area contributed by atoms with Crippen LogP contribution in [-0.4, -0.2) is 47.4 Å². The van der Waals surface area contributed by atoms with Gasteiger partial charge in [0, 0.05) is 16.1 Å². The van der Waals surface area contributed by atoms with Gasteiger partial charge in [0.25, 0.3) is 0 Å². The number of ketones is 2. The monoisotopic (exact) mass is 376 g/mol. The number of aromatic nitrogens is 1. The first-order chi connectivity index (χ1) is 12.5. The first kappa shape index (κ1) is 20.2. The Morgan fingerprint density at radius 1 is 1.08 bits per heavy atom. The molecule has 2 rings (SSSR count). The van der Waals surface area contributed by atoms with Crippen molar-refractivity contribution in [3.8, 4) is 0 Å². The molecule has 0 spiro atoms. The summed E-state index contributed by atoms with van der Waals surface area (Å²) < 4.78 is 1.41. The highest BCUT2D eigenvalue weighted by Gasteiger charge is 2.20. The standard InChI is InChI=1S/C20H25ClN2O3/c1-4-11-26-23-13-16(19(24)14-22(5-2)6-3)12-18(23)20(25)15-7-9-17(21)10-8-15/h7-10,12-13H,4-6,11,14H2,1-3H3. The second kappa shape index (κ2) is 9.55. The predicted molar refractivity (Wildman–Crippen MR) is 103 cm³/mol. The van der Waals surface area contributed by atoms with Gasteiger partial charge in [-0.05, 0) is 49.8 Å². The fraction of sp³-hybridized carbons (Fsp3) is 0.400. The van der Waals surface area contributed by atoms with Gasteiger partial charge in [-0.3, -0.25) is 14.5 Å². The molecule has 26 heavy (non-hydrogen) atoms. The number of hydrogen-bond donors (Lipinski definition) is 0. The first-order valence-corrected chi connectivity index (χ1v) is 9.29. The highest BCUT2D eigenvalue weighted by Crippen LogP contribution is 2.17. The zero-order valence-electron chi connectivity index (χ0n) is 15.5. The van der Waals surface area contributed by atoms with Crippen LogP contribution < -0.4 is 4.84 Å². The molecule has 0 aliphatic carbocycles. The van der Waals surface area contributed by atoms with Crippen LogP contribution in [0.25, 0.3) is 0 Å². The summed E-state index contributed by atoms with van der Waals surface area (Å²) in [4.78, 5) is 33.1. The van der Waals surface area contributed by atoms with Crippen molar-refractivity contribution in [3.05, 3.63) is 58.4 Å². The van der Waals surface area contributed by atoms with Gasteiger partial charge in [0.1, 0.15) is 12.3 Å². The average molecular weight is 377 g/mol. The van der Waals surface area contributed by atoms with Crippen LogP contribution in [0.2, 0.25) is 5.02 Å². The summed E-state index contributed by atoms with van der Waals surface area (Å²) in [7, 11) is 0. The van der Waals surface area contributed by atoms with Crippen molar-refractivity contribution in [3.63, 3.8) is 0 Å². The summed E-state index contributed by atoms with van der Waals surface area (Å²) in [5.74, 6) is -0.239. The van der Waals surface area contributed by atoms with Gasteiger partial charge in [-0.15, -0.1) is 0 Å². The second-order valence-corrected chi connectivity index (χ2v) is 6.43. The molecule has 5 nitrogen and oxygen atoms in total. The molecule has 1 aromatic heterocycles. The molecule has 1 aromatic carbocycles.